The predicted octanol–water partition coefficient (Wildman–Crippen LogP) is 2.68. The van der Waals surface area contributed by atoms with Crippen LogP contribution >= 0.6 is 0 Å². The van der Waals surface area contributed by atoms with Crippen molar-refractivity contribution in [2.75, 3.05) is 20.3 Å². The molecule has 2 fully saturated rings. The number of carbonyl (C=O) groups is 3. The van der Waals surface area contributed by atoms with Crippen molar-refractivity contribution in [2.45, 2.75) is 43.6 Å². The first-order valence-corrected chi connectivity index (χ1v) is 11.6. The highest BCUT2D eigenvalue weighted by Gasteiger charge is 2.45. The van der Waals surface area contributed by atoms with Crippen molar-refractivity contribution in [3.63, 3.8) is 0 Å². The Bertz CT molecular complexity index is 1160. The topological polar surface area (TPSA) is 115 Å². The molecule has 37 heavy (non-hydrogen) atoms. The molecule has 198 valence electrons. The highest BCUT2D eigenvalue weighted by atomic mass is 19.4. The molecule has 0 aliphatic carbocycles. The number of nitrogens with one attached hydrogen (secondary N) is 3. The predicted molar refractivity (Wildman–Crippen MR) is 124 cm³/mol. The average Bonchev–Trinajstić information content (AvgIpc) is 3.53. The molecule has 0 aromatic heterocycles. The van der Waals surface area contributed by atoms with Crippen molar-refractivity contribution < 1.29 is 41.8 Å². The Morgan fingerprint density at radius 1 is 1.16 bits per heavy atom. The molecule has 2 heterocycles. The molecule has 4 rings (SSSR count). The number of carbonyl (C=O) groups excluding carboxylic acids is 3. The molecular weight excluding hydrogens is 495 g/mol. The van der Waals surface area contributed by atoms with Crippen LogP contribution in [0.4, 0.5) is 13.2 Å². The standard InChI is InChI=1S/C25H26F3N3O6/c1-35-17-6-8-20(18(12-17)25(26,27)28)37-16-4-2-15(3-5-16)13-29-23(34)24(10-11-36-14-24)31-22(33)19-7-9-21(32)30-19/h2-6,8,12,19H,7,9-11,13-14H2,1H3,(H,29,34)(H,30,32)(H,31,33). The number of alkyl halides is 3. The van der Waals surface area contributed by atoms with Crippen LogP contribution in [0.15, 0.2) is 42.5 Å². The molecule has 2 aliphatic rings. The van der Waals surface area contributed by atoms with Gasteiger partial charge in [-0.05, 0) is 42.3 Å². The van der Waals surface area contributed by atoms with E-state index < -0.39 is 35.1 Å². The zero-order chi connectivity index (χ0) is 26.6. The summed E-state index contributed by atoms with van der Waals surface area (Å²) in [6.45, 7) is 0.399. The maximum absolute atomic E-state index is 13.4. The van der Waals surface area contributed by atoms with Gasteiger partial charge in [0.1, 0.15) is 34.4 Å². The second-order valence-electron chi connectivity index (χ2n) is 8.82. The van der Waals surface area contributed by atoms with Crippen molar-refractivity contribution in [3.05, 3.63) is 53.6 Å². The lowest BCUT2D eigenvalue weighted by molar-refractivity contribution is -0.138. The summed E-state index contributed by atoms with van der Waals surface area (Å²) in [5.41, 5.74) is -1.56. The molecule has 3 N–H and O–H groups in total. The monoisotopic (exact) mass is 521 g/mol. The van der Waals surface area contributed by atoms with Crippen LogP contribution in [0.25, 0.3) is 0 Å². The van der Waals surface area contributed by atoms with E-state index in [0.29, 0.717) is 18.6 Å². The van der Waals surface area contributed by atoms with E-state index >= 15 is 0 Å². The Morgan fingerprint density at radius 3 is 2.49 bits per heavy atom. The summed E-state index contributed by atoms with van der Waals surface area (Å²) in [7, 11) is 1.28. The normalized spacial score (nSPS) is 21.3. The molecule has 2 unspecified atom stereocenters. The lowest BCUT2D eigenvalue weighted by Gasteiger charge is -2.28. The van der Waals surface area contributed by atoms with Gasteiger partial charge in [0, 0.05) is 26.0 Å². The Labute approximate surface area is 210 Å². The smallest absolute Gasteiger partial charge is 0.420 e. The van der Waals surface area contributed by atoms with E-state index in [1.165, 1.54) is 31.4 Å². The molecule has 9 nitrogen and oxygen atoms in total. The molecule has 0 bridgehead atoms. The summed E-state index contributed by atoms with van der Waals surface area (Å²) in [6.07, 6.45) is -3.74. The fourth-order valence-electron chi connectivity index (χ4n) is 4.13. The number of rotatable bonds is 8. The van der Waals surface area contributed by atoms with E-state index in [1.807, 2.05) is 0 Å². The van der Waals surface area contributed by atoms with Gasteiger partial charge in [-0.15, -0.1) is 0 Å². The fourth-order valence-corrected chi connectivity index (χ4v) is 4.13. The minimum absolute atomic E-state index is 0.00141. The molecule has 2 aromatic carbocycles. The minimum Gasteiger partial charge on any atom is -0.497 e. The van der Waals surface area contributed by atoms with E-state index in [2.05, 4.69) is 16.0 Å². The van der Waals surface area contributed by atoms with Crippen molar-refractivity contribution >= 4 is 17.7 Å². The number of halogens is 3. The maximum Gasteiger partial charge on any atom is 0.420 e. The number of methoxy groups -OCH3 is 1. The largest absolute Gasteiger partial charge is 0.497 e. The van der Waals surface area contributed by atoms with E-state index in [9.17, 15) is 27.6 Å². The Morgan fingerprint density at radius 2 is 1.89 bits per heavy atom. The van der Waals surface area contributed by atoms with E-state index in [-0.39, 0.29) is 49.1 Å². The van der Waals surface area contributed by atoms with Gasteiger partial charge in [0.15, 0.2) is 0 Å². The third-order valence-corrected chi connectivity index (χ3v) is 6.23. The van der Waals surface area contributed by atoms with E-state index in [1.54, 1.807) is 12.1 Å². The molecule has 0 spiro atoms. The third-order valence-electron chi connectivity index (χ3n) is 6.23. The number of benzene rings is 2. The van der Waals surface area contributed by atoms with Crippen LogP contribution in [-0.2, 0) is 31.8 Å². The second kappa shape index (κ2) is 10.7. The third kappa shape index (κ3) is 6.13. The fraction of sp³-hybridized carbons (Fsp3) is 0.400. The molecule has 2 aromatic rings. The Hall–Kier alpha value is -3.80. The first kappa shape index (κ1) is 26.3. The number of hydrogen-bond acceptors (Lipinski definition) is 6. The van der Waals surface area contributed by atoms with Crippen molar-refractivity contribution in [1.82, 2.24) is 16.0 Å². The summed E-state index contributed by atoms with van der Waals surface area (Å²) < 4.78 is 56.0. The van der Waals surface area contributed by atoms with Crippen LogP contribution in [0, 0.1) is 0 Å². The number of hydrogen-bond donors (Lipinski definition) is 3. The van der Waals surface area contributed by atoms with Gasteiger partial charge in [-0.3, -0.25) is 14.4 Å². The molecule has 2 atom stereocenters. The average molecular weight is 521 g/mol. The first-order valence-electron chi connectivity index (χ1n) is 11.6. The summed E-state index contributed by atoms with van der Waals surface area (Å²) in [6, 6.07) is 8.93. The van der Waals surface area contributed by atoms with Crippen LogP contribution < -0.4 is 25.4 Å². The molecule has 3 amide bonds. The Balaban J connectivity index is 1.38. The van der Waals surface area contributed by atoms with Gasteiger partial charge < -0.3 is 30.2 Å². The van der Waals surface area contributed by atoms with E-state index in [0.717, 1.165) is 6.07 Å². The summed E-state index contributed by atoms with van der Waals surface area (Å²) >= 11 is 0. The molecule has 12 heteroatoms. The molecular formula is C25H26F3N3O6. The number of ether oxygens (including phenoxy) is 3. The van der Waals surface area contributed by atoms with Crippen LogP contribution in [0.5, 0.6) is 17.2 Å². The minimum atomic E-state index is -4.63. The van der Waals surface area contributed by atoms with Gasteiger partial charge in [-0.1, -0.05) is 12.1 Å². The van der Waals surface area contributed by atoms with Gasteiger partial charge in [0.05, 0.1) is 13.7 Å². The zero-order valence-electron chi connectivity index (χ0n) is 19.9. The van der Waals surface area contributed by atoms with Gasteiger partial charge >= 0.3 is 6.18 Å². The molecule has 2 saturated heterocycles. The first-order chi connectivity index (χ1) is 17.6. The SMILES string of the molecule is COc1ccc(Oc2ccc(CNC(=O)C3(NC(=O)C4CCC(=O)N4)CCOC3)cc2)c(C(F)(F)F)c1. The van der Waals surface area contributed by atoms with Crippen LogP contribution in [0.2, 0.25) is 0 Å². The number of amides is 3. The van der Waals surface area contributed by atoms with Crippen LogP contribution in [0.1, 0.15) is 30.4 Å². The molecule has 2 aliphatic heterocycles. The second-order valence-corrected chi connectivity index (χ2v) is 8.82. The summed E-state index contributed by atoms with van der Waals surface area (Å²) in [4.78, 5) is 37.0. The van der Waals surface area contributed by atoms with Gasteiger partial charge in [-0.25, -0.2) is 0 Å². The van der Waals surface area contributed by atoms with Gasteiger partial charge in [0.2, 0.25) is 17.7 Å². The lowest BCUT2D eigenvalue weighted by Crippen LogP contribution is -2.61. The molecule has 0 radical (unpaired) electrons. The van der Waals surface area contributed by atoms with Crippen molar-refractivity contribution in [1.29, 1.82) is 0 Å². The van der Waals surface area contributed by atoms with Crippen LogP contribution in [0.3, 0.4) is 0 Å². The summed E-state index contributed by atoms with van der Waals surface area (Å²) in [5.74, 6) is -1.22. The van der Waals surface area contributed by atoms with Crippen LogP contribution in [-0.4, -0.2) is 49.6 Å². The van der Waals surface area contributed by atoms with E-state index in [4.69, 9.17) is 14.2 Å². The molecule has 0 saturated carbocycles. The highest BCUT2D eigenvalue weighted by molar-refractivity contribution is 5.96. The van der Waals surface area contributed by atoms with Crippen molar-refractivity contribution in [3.8, 4) is 17.2 Å². The zero-order valence-corrected chi connectivity index (χ0v) is 19.9. The highest BCUT2D eigenvalue weighted by Crippen LogP contribution is 2.40. The lowest BCUT2D eigenvalue weighted by atomic mass is 9.96. The maximum atomic E-state index is 13.4. The Kier molecular flexibility index (Phi) is 7.58. The van der Waals surface area contributed by atoms with Gasteiger partial charge in [0.25, 0.3) is 0 Å². The van der Waals surface area contributed by atoms with Gasteiger partial charge in [-0.2, -0.15) is 13.2 Å². The summed E-state index contributed by atoms with van der Waals surface area (Å²) in [5, 5.41) is 8.09. The quantitative estimate of drug-likeness (QED) is 0.492. The van der Waals surface area contributed by atoms with Crippen molar-refractivity contribution in [2.24, 2.45) is 0 Å².